The molecule has 0 saturated carbocycles. The first kappa shape index (κ1) is 11.1. The summed E-state index contributed by atoms with van der Waals surface area (Å²) >= 11 is 6.97. The minimum absolute atomic E-state index is 0.271. The summed E-state index contributed by atoms with van der Waals surface area (Å²) in [5.74, 6) is -0.948. The van der Waals surface area contributed by atoms with Crippen LogP contribution in [0.5, 0.6) is 0 Å². The Morgan fingerprint density at radius 1 is 1.38 bits per heavy atom. The van der Waals surface area contributed by atoms with Crippen LogP contribution in [-0.2, 0) is 0 Å². The summed E-state index contributed by atoms with van der Waals surface area (Å²) in [7, 11) is 0. The predicted octanol–water partition coefficient (Wildman–Crippen LogP) is 3.47. The van der Waals surface area contributed by atoms with Gasteiger partial charge in [0.15, 0.2) is 0 Å². The maximum absolute atomic E-state index is 11.1. The summed E-state index contributed by atoms with van der Waals surface area (Å²) in [6.07, 6.45) is 0. The molecular formula is C11H8ClNO2S. The number of carbonyl (C=O) groups is 1. The van der Waals surface area contributed by atoms with Crippen molar-refractivity contribution in [2.75, 3.05) is 0 Å². The molecular weight excluding hydrogens is 246 g/mol. The normalized spacial score (nSPS) is 10.4. The van der Waals surface area contributed by atoms with E-state index >= 15 is 0 Å². The van der Waals surface area contributed by atoms with Gasteiger partial charge in [-0.05, 0) is 30.6 Å². The standard InChI is InChI=1S/C11H8ClNO2S/c1-6-9(11(14)15)10(13-16-6)7-2-4-8(12)5-3-7/h2-5H,1H3,(H,14,15). The van der Waals surface area contributed by atoms with Gasteiger partial charge in [0.2, 0.25) is 0 Å². The zero-order valence-electron chi connectivity index (χ0n) is 8.40. The summed E-state index contributed by atoms with van der Waals surface area (Å²) in [4.78, 5) is 11.8. The lowest BCUT2D eigenvalue weighted by Gasteiger charge is -1.99. The molecule has 0 radical (unpaired) electrons. The molecule has 1 N–H and O–H groups in total. The van der Waals surface area contributed by atoms with Crippen LogP contribution in [0.15, 0.2) is 24.3 Å². The van der Waals surface area contributed by atoms with Gasteiger partial charge in [0, 0.05) is 15.5 Å². The molecule has 3 nitrogen and oxygen atoms in total. The molecule has 0 aliphatic rings. The molecule has 0 aliphatic heterocycles. The van der Waals surface area contributed by atoms with Crippen LogP contribution in [0.4, 0.5) is 0 Å². The predicted molar refractivity (Wildman–Crippen MR) is 64.3 cm³/mol. The van der Waals surface area contributed by atoms with Gasteiger partial charge in [0.05, 0.1) is 5.69 Å². The maximum atomic E-state index is 11.1. The summed E-state index contributed by atoms with van der Waals surface area (Å²) in [6.45, 7) is 1.75. The Bertz CT molecular complexity index is 533. The maximum Gasteiger partial charge on any atom is 0.339 e. The molecule has 82 valence electrons. The SMILES string of the molecule is Cc1snc(-c2ccc(Cl)cc2)c1C(=O)O. The Labute approximate surface area is 101 Å². The molecule has 0 bridgehead atoms. The van der Waals surface area contributed by atoms with Crippen LogP contribution >= 0.6 is 23.1 Å². The zero-order valence-corrected chi connectivity index (χ0v) is 9.97. The first-order valence-corrected chi connectivity index (χ1v) is 5.70. The number of carboxylic acid groups (broad SMARTS) is 1. The highest BCUT2D eigenvalue weighted by Gasteiger charge is 2.18. The minimum Gasteiger partial charge on any atom is -0.478 e. The van der Waals surface area contributed by atoms with Gasteiger partial charge in [0.1, 0.15) is 5.56 Å². The number of benzene rings is 1. The quantitative estimate of drug-likeness (QED) is 0.892. The molecule has 0 amide bonds. The Morgan fingerprint density at radius 3 is 2.56 bits per heavy atom. The fourth-order valence-corrected chi connectivity index (χ4v) is 2.25. The third kappa shape index (κ3) is 1.94. The molecule has 0 fully saturated rings. The van der Waals surface area contributed by atoms with Crippen molar-refractivity contribution in [3.8, 4) is 11.3 Å². The van der Waals surface area contributed by atoms with Gasteiger partial charge < -0.3 is 5.11 Å². The van der Waals surface area contributed by atoms with Crippen LogP contribution in [0, 0.1) is 6.92 Å². The van der Waals surface area contributed by atoms with Crippen LogP contribution in [0.1, 0.15) is 15.2 Å². The number of hydrogen-bond donors (Lipinski definition) is 1. The van der Waals surface area contributed by atoms with E-state index in [1.165, 1.54) is 11.5 Å². The van der Waals surface area contributed by atoms with Crippen molar-refractivity contribution in [2.45, 2.75) is 6.92 Å². The molecule has 0 unspecified atom stereocenters. The molecule has 2 aromatic rings. The molecule has 0 atom stereocenters. The van der Waals surface area contributed by atoms with E-state index in [1.54, 1.807) is 31.2 Å². The van der Waals surface area contributed by atoms with Gasteiger partial charge in [0.25, 0.3) is 0 Å². The number of halogens is 1. The number of carboxylic acids is 1. The second-order valence-corrected chi connectivity index (χ2v) is 4.69. The fraction of sp³-hybridized carbons (Fsp3) is 0.0909. The third-order valence-electron chi connectivity index (χ3n) is 2.19. The Kier molecular flexibility index (Phi) is 2.94. The van der Waals surface area contributed by atoms with Gasteiger partial charge in [-0.25, -0.2) is 4.79 Å². The molecule has 1 heterocycles. The lowest BCUT2D eigenvalue weighted by molar-refractivity contribution is 0.0697. The Morgan fingerprint density at radius 2 is 2.00 bits per heavy atom. The first-order valence-electron chi connectivity index (χ1n) is 4.55. The van der Waals surface area contributed by atoms with Crippen molar-refractivity contribution in [1.82, 2.24) is 4.37 Å². The van der Waals surface area contributed by atoms with E-state index in [0.717, 1.165) is 5.56 Å². The van der Waals surface area contributed by atoms with Crippen molar-refractivity contribution < 1.29 is 9.90 Å². The van der Waals surface area contributed by atoms with Crippen molar-refractivity contribution in [3.63, 3.8) is 0 Å². The van der Waals surface area contributed by atoms with E-state index in [2.05, 4.69) is 4.37 Å². The number of aromatic carboxylic acids is 1. The highest BCUT2D eigenvalue weighted by molar-refractivity contribution is 7.06. The summed E-state index contributed by atoms with van der Waals surface area (Å²) in [6, 6.07) is 6.97. The first-order chi connectivity index (χ1) is 7.59. The largest absolute Gasteiger partial charge is 0.478 e. The van der Waals surface area contributed by atoms with Gasteiger partial charge in [-0.1, -0.05) is 23.7 Å². The van der Waals surface area contributed by atoms with E-state index in [4.69, 9.17) is 16.7 Å². The minimum atomic E-state index is -0.948. The number of nitrogens with zero attached hydrogens (tertiary/aromatic N) is 1. The number of aryl methyl sites for hydroxylation is 1. The second-order valence-electron chi connectivity index (χ2n) is 3.27. The molecule has 1 aromatic heterocycles. The van der Waals surface area contributed by atoms with Gasteiger partial charge in [-0.15, -0.1) is 0 Å². The highest BCUT2D eigenvalue weighted by Crippen LogP contribution is 2.28. The Balaban J connectivity index is 2.56. The number of aromatic nitrogens is 1. The lowest BCUT2D eigenvalue weighted by Crippen LogP contribution is -1.98. The second kappa shape index (κ2) is 4.23. The molecule has 0 spiro atoms. The van der Waals surface area contributed by atoms with Crippen LogP contribution < -0.4 is 0 Å². The summed E-state index contributed by atoms with van der Waals surface area (Å²) < 4.78 is 4.15. The monoisotopic (exact) mass is 253 g/mol. The third-order valence-corrected chi connectivity index (χ3v) is 3.20. The number of rotatable bonds is 2. The number of hydrogen-bond acceptors (Lipinski definition) is 3. The molecule has 0 saturated heterocycles. The molecule has 5 heteroatoms. The van der Waals surface area contributed by atoms with Gasteiger partial charge >= 0.3 is 5.97 Å². The van der Waals surface area contributed by atoms with E-state index in [-0.39, 0.29) is 5.56 Å². The summed E-state index contributed by atoms with van der Waals surface area (Å²) in [5, 5.41) is 9.71. The smallest absolute Gasteiger partial charge is 0.339 e. The van der Waals surface area contributed by atoms with Crippen LogP contribution in [-0.4, -0.2) is 15.4 Å². The molecule has 0 aliphatic carbocycles. The fourth-order valence-electron chi connectivity index (χ4n) is 1.43. The van der Waals surface area contributed by atoms with Crippen molar-refractivity contribution in [2.24, 2.45) is 0 Å². The summed E-state index contributed by atoms with van der Waals surface area (Å²) in [5.41, 5.74) is 1.55. The topological polar surface area (TPSA) is 50.2 Å². The zero-order chi connectivity index (χ0) is 11.7. The molecule has 1 aromatic carbocycles. The van der Waals surface area contributed by atoms with E-state index in [9.17, 15) is 4.79 Å². The van der Waals surface area contributed by atoms with Crippen molar-refractivity contribution >= 4 is 29.1 Å². The van der Waals surface area contributed by atoms with Crippen molar-refractivity contribution in [1.29, 1.82) is 0 Å². The van der Waals surface area contributed by atoms with Gasteiger partial charge in [-0.3, -0.25) is 0 Å². The van der Waals surface area contributed by atoms with Crippen LogP contribution in [0.3, 0.4) is 0 Å². The van der Waals surface area contributed by atoms with Crippen molar-refractivity contribution in [3.05, 3.63) is 39.7 Å². The molecule has 16 heavy (non-hydrogen) atoms. The van der Waals surface area contributed by atoms with Crippen LogP contribution in [0.25, 0.3) is 11.3 Å². The average molecular weight is 254 g/mol. The average Bonchev–Trinajstić information content (AvgIpc) is 2.61. The highest BCUT2D eigenvalue weighted by atomic mass is 35.5. The lowest BCUT2D eigenvalue weighted by atomic mass is 10.1. The molecule has 2 rings (SSSR count). The van der Waals surface area contributed by atoms with E-state index in [0.29, 0.717) is 15.6 Å². The Hall–Kier alpha value is -1.39. The van der Waals surface area contributed by atoms with Gasteiger partial charge in [-0.2, -0.15) is 4.37 Å². The van der Waals surface area contributed by atoms with E-state index in [1.807, 2.05) is 0 Å². The van der Waals surface area contributed by atoms with Crippen LogP contribution in [0.2, 0.25) is 5.02 Å². The van der Waals surface area contributed by atoms with E-state index < -0.39 is 5.97 Å².